The molecule has 0 aliphatic carbocycles. The van der Waals surface area contributed by atoms with Crippen LogP contribution >= 0.6 is 22.9 Å². The summed E-state index contributed by atoms with van der Waals surface area (Å²) in [4.78, 5) is 12.1. The molecule has 0 fully saturated rings. The summed E-state index contributed by atoms with van der Waals surface area (Å²) in [5.41, 5.74) is 1.43. The van der Waals surface area contributed by atoms with E-state index in [1.165, 1.54) is 12.1 Å². The predicted octanol–water partition coefficient (Wildman–Crippen LogP) is 5.03. The molecular formula is C15H12F3IN2O. The first-order valence-electron chi connectivity index (χ1n) is 6.27. The summed E-state index contributed by atoms with van der Waals surface area (Å²) in [6.07, 6.45) is -4.47. The third-order valence-electron chi connectivity index (χ3n) is 3.05. The van der Waals surface area contributed by atoms with E-state index in [1.54, 1.807) is 12.1 Å². The first-order chi connectivity index (χ1) is 10.3. The number of halogens is 4. The Morgan fingerprint density at radius 1 is 1.14 bits per heavy atom. The molecule has 0 aliphatic rings. The van der Waals surface area contributed by atoms with Crippen molar-refractivity contribution in [2.24, 2.45) is 0 Å². The SMILES string of the molecule is Cc1ccc(NC(=O)c2cccc(C(F)(F)F)c2)cc1NI. The van der Waals surface area contributed by atoms with E-state index >= 15 is 0 Å². The second kappa shape index (κ2) is 6.55. The number of rotatable bonds is 3. The summed E-state index contributed by atoms with van der Waals surface area (Å²) in [6, 6.07) is 9.54. The monoisotopic (exact) mass is 420 g/mol. The van der Waals surface area contributed by atoms with Gasteiger partial charge in [0.25, 0.3) is 5.91 Å². The normalized spacial score (nSPS) is 11.1. The summed E-state index contributed by atoms with van der Waals surface area (Å²) < 4.78 is 40.9. The van der Waals surface area contributed by atoms with E-state index in [0.717, 1.165) is 23.4 Å². The Kier molecular flexibility index (Phi) is 4.94. The Hall–Kier alpha value is -1.77. The summed E-state index contributed by atoms with van der Waals surface area (Å²) in [5.74, 6) is -0.589. The van der Waals surface area contributed by atoms with Gasteiger partial charge in [0.05, 0.1) is 28.4 Å². The van der Waals surface area contributed by atoms with Crippen LogP contribution in [0.2, 0.25) is 0 Å². The van der Waals surface area contributed by atoms with Crippen LogP contribution in [0.25, 0.3) is 0 Å². The van der Waals surface area contributed by atoms with Crippen molar-refractivity contribution in [3.8, 4) is 0 Å². The number of nitrogens with one attached hydrogen (secondary N) is 2. The number of carbonyl (C=O) groups excluding carboxylic acids is 1. The Balaban J connectivity index is 2.23. The zero-order chi connectivity index (χ0) is 16.3. The van der Waals surface area contributed by atoms with Gasteiger partial charge in [-0.3, -0.25) is 4.79 Å². The van der Waals surface area contributed by atoms with Crippen molar-refractivity contribution in [3.05, 3.63) is 59.2 Å². The molecule has 3 nitrogen and oxygen atoms in total. The molecule has 0 radical (unpaired) electrons. The van der Waals surface area contributed by atoms with E-state index in [0.29, 0.717) is 5.69 Å². The maximum absolute atomic E-state index is 12.7. The highest BCUT2D eigenvalue weighted by Gasteiger charge is 2.30. The molecule has 7 heteroatoms. The van der Waals surface area contributed by atoms with Crippen LogP contribution in [-0.4, -0.2) is 5.91 Å². The second-order valence-electron chi connectivity index (χ2n) is 4.66. The molecule has 0 saturated carbocycles. The van der Waals surface area contributed by atoms with E-state index < -0.39 is 17.6 Å². The molecule has 0 aromatic heterocycles. The molecule has 116 valence electrons. The van der Waals surface area contributed by atoms with Gasteiger partial charge in [0.1, 0.15) is 0 Å². The molecule has 22 heavy (non-hydrogen) atoms. The van der Waals surface area contributed by atoms with Gasteiger partial charge in [-0.25, -0.2) is 0 Å². The molecule has 2 rings (SSSR count). The van der Waals surface area contributed by atoms with E-state index in [4.69, 9.17) is 0 Å². The topological polar surface area (TPSA) is 41.1 Å². The number of hydrogen-bond donors (Lipinski definition) is 2. The van der Waals surface area contributed by atoms with Gasteiger partial charge in [0.2, 0.25) is 0 Å². The minimum absolute atomic E-state index is 0.0422. The van der Waals surface area contributed by atoms with Gasteiger partial charge in [0, 0.05) is 16.9 Å². The number of aryl methyl sites for hydroxylation is 1. The van der Waals surface area contributed by atoms with Crippen molar-refractivity contribution in [2.75, 3.05) is 8.85 Å². The predicted molar refractivity (Wildman–Crippen MR) is 88.2 cm³/mol. The highest BCUT2D eigenvalue weighted by molar-refractivity contribution is 14.1. The van der Waals surface area contributed by atoms with Crippen LogP contribution in [0.4, 0.5) is 24.5 Å². The van der Waals surface area contributed by atoms with Crippen molar-refractivity contribution in [1.82, 2.24) is 0 Å². The van der Waals surface area contributed by atoms with Crippen molar-refractivity contribution >= 4 is 40.1 Å². The van der Waals surface area contributed by atoms with Gasteiger partial charge >= 0.3 is 6.18 Å². The molecule has 1 amide bonds. The zero-order valence-corrected chi connectivity index (χ0v) is 13.6. The highest BCUT2D eigenvalue weighted by atomic mass is 127. The fraction of sp³-hybridized carbons (Fsp3) is 0.133. The maximum atomic E-state index is 12.7. The van der Waals surface area contributed by atoms with Gasteiger partial charge in [-0.1, -0.05) is 12.1 Å². The second-order valence-corrected chi connectivity index (χ2v) is 5.20. The van der Waals surface area contributed by atoms with Gasteiger partial charge < -0.3 is 8.85 Å². The molecule has 0 atom stereocenters. The third-order valence-corrected chi connectivity index (χ3v) is 3.63. The Morgan fingerprint density at radius 2 is 1.86 bits per heavy atom. The first-order valence-corrected chi connectivity index (χ1v) is 7.35. The highest BCUT2D eigenvalue weighted by Crippen LogP contribution is 2.29. The molecule has 0 saturated heterocycles. The van der Waals surface area contributed by atoms with Crippen LogP contribution in [0.3, 0.4) is 0 Å². The minimum atomic E-state index is -4.47. The molecule has 0 bridgehead atoms. The quantitative estimate of drug-likeness (QED) is 0.541. The first kappa shape index (κ1) is 16.6. The molecule has 2 aromatic rings. The van der Waals surface area contributed by atoms with Crippen LogP contribution in [0, 0.1) is 6.92 Å². The van der Waals surface area contributed by atoms with Gasteiger partial charge in [0.15, 0.2) is 0 Å². The smallest absolute Gasteiger partial charge is 0.328 e. The number of benzene rings is 2. The van der Waals surface area contributed by atoms with Crippen molar-refractivity contribution < 1.29 is 18.0 Å². The third kappa shape index (κ3) is 3.90. The Labute approximate surface area is 139 Å². The Bertz CT molecular complexity index is 701. The van der Waals surface area contributed by atoms with Crippen LogP contribution in [0.15, 0.2) is 42.5 Å². The lowest BCUT2D eigenvalue weighted by atomic mass is 10.1. The van der Waals surface area contributed by atoms with Crippen LogP contribution in [-0.2, 0) is 6.18 Å². The lowest BCUT2D eigenvalue weighted by molar-refractivity contribution is -0.137. The largest absolute Gasteiger partial charge is 0.416 e. The van der Waals surface area contributed by atoms with Crippen LogP contribution in [0.1, 0.15) is 21.5 Å². The molecule has 0 spiro atoms. The summed E-state index contributed by atoms with van der Waals surface area (Å²) in [7, 11) is 0. The molecule has 2 N–H and O–H groups in total. The van der Waals surface area contributed by atoms with E-state index in [1.807, 2.05) is 35.9 Å². The van der Waals surface area contributed by atoms with Crippen molar-refractivity contribution in [1.29, 1.82) is 0 Å². The molecule has 2 aromatic carbocycles. The average molecular weight is 420 g/mol. The average Bonchev–Trinajstić information content (AvgIpc) is 2.48. The van der Waals surface area contributed by atoms with E-state index in [-0.39, 0.29) is 5.56 Å². The maximum Gasteiger partial charge on any atom is 0.416 e. The van der Waals surface area contributed by atoms with Gasteiger partial charge in [-0.05, 0) is 42.8 Å². The number of alkyl halides is 3. The Morgan fingerprint density at radius 3 is 2.50 bits per heavy atom. The lowest BCUT2D eigenvalue weighted by Gasteiger charge is -2.11. The molecule has 0 heterocycles. The van der Waals surface area contributed by atoms with E-state index in [2.05, 4.69) is 8.85 Å². The summed E-state index contributed by atoms with van der Waals surface area (Å²) in [6.45, 7) is 1.90. The van der Waals surface area contributed by atoms with Crippen molar-refractivity contribution in [3.63, 3.8) is 0 Å². The van der Waals surface area contributed by atoms with Gasteiger partial charge in [-0.15, -0.1) is 0 Å². The van der Waals surface area contributed by atoms with Crippen LogP contribution < -0.4 is 8.85 Å². The number of carbonyl (C=O) groups is 1. The number of hydrogen-bond acceptors (Lipinski definition) is 2. The zero-order valence-electron chi connectivity index (χ0n) is 11.5. The fourth-order valence-corrected chi connectivity index (χ4v) is 2.42. The van der Waals surface area contributed by atoms with E-state index in [9.17, 15) is 18.0 Å². The van der Waals surface area contributed by atoms with Crippen molar-refractivity contribution in [2.45, 2.75) is 13.1 Å². The standard InChI is InChI=1S/C15H12F3IN2O/c1-9-5-6-12(8-13(9)21-19)20-14(22)10-3-2-4-11(7-10)15(16,17)18/h2-8,21H,1H3,(H,20,22). The van der Waals surface area contributed by atoms with Crippen LogP contribution in [0.5, 0.6) is 0 Å². The molecular weight excluding hydrogens is 408 g/mol. The molecule has 0 unspecified atom stereocenters. The number of anilines is 2. The fourth-order valence-electron chi connectivity index (χ4n) is 1.84. The number of amides is 1. The van der Waals surface area contributed by atoms with Gasteiger partial charge in [-0.2, -0.15) is 13.2 Å². The lowest BCUT2D eigenvalue weighted by Crippen LogP contribution is -2.14. The summed E-state index contributed by atoms with van der Waals surface area (Å²) >= 11 is 1.97. The molecule has 0 aliphatic heterocycles. The summed E-state index contributed by atoms with van der Waals surface area (Å²) in [5, 5.41) is 2.59. The minimum Gasteiger partial charge on any atom is -0.328 e.